The number of rotatable bonds is 2. The van der Waals surface area contributed by atoms with Crippen LogP contribution in [0.25, 0.3) is 0 Å². The topological polar surface area (TPSA) is 0 Å². The fourth-order valence-corrected chi connectivity index (χ4v) is 130. The van der Waals surface area contributed by atoms with Crippen molar-refractivity contribution in [1.29, 1.82) is 0 Å². The summed E-state index contributed by atoms with van der Waals surface area (Å²) in [5.41, 5.74) is 8.63. The molecule has 3 rings (SSSR count). The molecule has 0 N–H and O–H groups in total. The molecule has 0 radical (unpaired) electrons. The molecule has 0 nitrogen and oxygen atoms in total. The van der Waals surface area contributed by atoms with Crippen molar-refractivity contribution in [3.63, 3.8) is 0 Å². The molecule has 6 heteroatoms. The zero-order valence-corrected chi connectivity index (χ0v) is 52.6. The van der Waals surface area contributed by atoms with Gasteiger partial charge in [0.2, 0.25) is 0 Å². The van der Waals surface area contributed by atoms with Crippen molar-refractivity contribution in [2.75, 3.05) is 0 Å². The summed E-state index contributed by atoms with van der Waals surface area (Å²) < 4.78 is 4.17. The quantitative estimate of drug-likeness (QED) is 0.167. The van der Waals surface area contributed by atoms with E-state index in [0.29, 0.717) is 0 Å². The van der Waals surface area contributed by atoms with Gasteiger partial charge >= 0.3 is 396 Å². The summed E-state index contributed by atoms with van der Waals surface area (Å²) in [4.78, 5) is 0. The Morgan fingerprint density at radius 2 is 0.467 bits per heavy atom. The first-order valence-corrected chi connectivity index (χ1v) is 36.2. The minimum absolute atomic E-state index is 0.0281. The van der Waals surface area contributed by atoms with Gasteiger partial charge in [0, 0.05) is 0 Å². The minimum atomic E-state index is -3.57. The van der Waals surface area contributed by atoms with Crippen LogP contribution in [0, 0.1) is 0 Å². The molecule has 0 spiro atoms. The van der Waals surface area contributed by atoms with Crippen LogP contribution in [0.5, 0.6) is 0 Å². The van der Waals surface area contributed by atoms with Crippen molar-refractivity contribution >= 4 is 81.0 Å². The van der Waals surface area contributed by atoms with Gasteiger partial charge in [-0.3, -0.25) is 0 Å². The Morgan fingerprint density at radius 3 is 0.583 bits per heavy atom. The van der Waals surface area contributed by atoms with E-state index in [2.05, 4.69) is 232 Å². The van der Waals surface area contributed by atoms with Gasteiger partial charge in [0.1, 0.15) is 0 Å². The molecule has 1 heterocycles. The Hall–Kier alpha value is 0.566. The summed E-state index contributed by atoms with van der Waals surface area (Å²) >= 11 is 8.20. The molecule has 0 bridgehead atoms. The monoisotopic (exact) mass is 1020 g/mol. The Morgan fingerprint density at radius 1 is 0.300 bits per heavy atom. The van der Waals surface area contributed by atoms with Crippen LogP contribution < -0.4 is 10.6 Å². The van der Waals surface area contributed by atoms with Crippen LogP contribution in [0.1, 0.15) is 241 Å². The van der Waals surface area contributed by atoms with Crippen molar-refractivity contribution in [3.05, 3.63) is 57.6 Å². The standard InChI is InChI=1S/C54H94Ge2P2S2/c1-45(2,3)35-31-37(47(7,8)9)41(38(32-35)48(10,11)12)57(59)43-55(51(19,20)21,52(22,23)24)44(56(43,53(25,26)27)54(28,29)30)58(60)42-39(49(13,14)15)33-36(46(4,5)6)34-40(42)50(16,17)18/h31-34H,1-30H3. The Kier molecular flexibility index (Phi) is 14.8. The van der Waals surface area contributed by atoms with E-state index in [0.717, 1.165) is 0 Å². The van der Waals surface area contributed by atoms with E-state index >= 15 is 0 Å². The average molecular weight is 1010 g/mol. The van der Waals surface area contributed by atoms with Crippen molar-refractivity contribution in [2.24, 2.45) is 0 Å². The fraction of sp³-hybridized carbons (Fsp3) is 0.741. The molecule has 1 fully saturated rings. The van der Waals surface area contributed by atoms with E-state index in [1.807, 2.05) is 5.92 Å². The van der Waals surface area contributed by atoms with E-state index in [1.54, 1.807) is 0 Å². The van der Waals surface area contributed by atoms with Gasteiger partial charge < -0.3 is 0 Å². The first-order valence-electron chi connectivity index (χ1n) is 23.1. The zero-order chi connectivity index (χ0) is 47.8. The van der Waals surface area contributed by atoms with Gasteiger partial charge in [0.25, 0.3) is 0 Å². The third-order valence-electron chi connectivity index (χ3n) is 13.9. The van der Waals surface area contributed by atoms with E-state index in [4.69, 9.17) is 24.5 Å². The first kappa shape index (κ1) is 54.9. The van der Waals surface area contributed by atoms with Crippen LogP contribution in [0.3, 0.4) is 0 Å². The number of hydrogen-bond donors (Lipinski definition) is 0. The molecule has 2 aromatic carbocycles. The second kappa shape index (κ2) is 16.1. The van der Waals surface area contributed by atoms with Gasteiger partial charge in [-0.25, -0.2) is 0 Å². The summed E-state index contributed by atoms with van der Waals surface area (Å²) in [6, 6.07) is 10.4. The van der Waals surface area contributed by atoms with Gasteiger partial charge in [0.05, 0.1) is 0 Å². The van der Waals surface area contributed by atoms with Crippen LogP contribution in [0.15, 0.2) is 24.3 Å². The third kappa shape index (κ3) is 9.29. The maximum absolute atomic E-state index is 7.67. The summed E-state index contributed by atoms with van der Waals surface area (Å²) in [6.07, 6.45) is 0. The molecule has 1 aliphatic heterocycles. The van der Waals surface area contributed by atoms with Gasteiger partial charge in [-0.2, -0.15) is 0 Å². The van der Waals surface area contributed by atoms with E-state index in [-0.39, 0.29) is 49.5 Å². The zero-order valence-electron chi connectivity index (χ0n) is 45.0. The predicted molar refractivity (Wildman–Crippen MR) is 293 cm³/mol. The molecule has 2 aromatic rings. The van der Waals surface area contributed by atoms with Crippen molar-refractivity contribution in [1.82, 2.24) is 0 Å². The van der Waals surface area contributed by atoms with Gasteiger partial charge in [-0.15, -0.1) is 0 Å². The SMILES string of the molecule is CC(C)(C)c1cc(C(C)(C)C)c([P+]([S-])=[C]2[Ge]([C](C)(C)C)([C](C)(C)C)[C](=[P+]([S-])c3c(C(C)(C)C)cc(C(C)(C)C)cc3C(C)(C)C)[Ge]2([C](C)(C)C)[C](C)(C)C)c(C(C)(C)C)c1. The molecular weight excluding hydrogens is 920 g/mol. The van der Waals surface area contributed by atoms with Crippen molar-refractivity contribution < 1.29 is 0 Å². The normalized spacial score (nSPS) is 18.1. The van der Waals surface area contributed by atoms with Crippen LogP contribution in [-0.4, -0.2) is 32.4 Å². The first-order chi connectivity index (χ1) is 26.0. The second-order valence-corrected chi connectivity index (χ2v) is 65.3. The molecule has 1 saturated heterocycles. The molecule has 1 aliphatic rings. The third-order valence-corrected chi connectivity index (χ3v) is 76.6. The van der Waals surface area contributed by atoms with Gasteiger partial charge in [-0.05, 0) is 0 Å². The molecule has 2 unspecified atom stereocenters. The van der Waals surface area contributed by atoms with Crippen LogP contribution in [0.4, 0.5) is 0 Å². The molecule has 2 atom stereocenters. The summed E-state index contributed by atoms with van der Waals surface area (Å²) in [5, 5.41) is 3.06. The number of hydrogen-bond acceptors (Lipinski definition) is 2. The molecular formula is C54H94Ge2P2S2. The van der Waals surface area contributed by atoms with E-state index in [1.165, 1.54) is 44.0 Å². The van der Waals surface area contributed by atoms with Crippen LogP contribution >= 0.6 is 13.5 Å². The summed E-state index contributed by atoms with van der Waals surface area (Å²) in [7, 11) is 0. The molecule has 0 saturated carbocycles. The van der Waals surface area contributed by atoms with Crippen molar-refractivity contribution in [3.8, 4) is 0 Å². The second-order valence-electron chi connectivity index (χ2n) is 29.1. The van der Waals surface area contributed by atoms with Gasteiger partial charge in [-0.1, -0.05) is 0 Å². The summed E-state index contributed by atoms with van der Waals surface area (Å²) in [6.45, 7) is 73.2. The number of benzene rings is 2. The molecule has 0 aromatic heterocycles. The molecule has 0 aliphatic carbocycles. The van der Waals surface area contributed by atoms with Crippen LogP contribution in [0.2, 0.25) is 17.0 Å². The predicted octanol–water partition coefficient (Wildman–Crippen LogP) is 16.9. The Labute approximate surface area is 392 Å². The molecule has 340 valence electrons. The van der Waals surface area contributed by atoms with E-state index < -0.39 is 40.0 Å². The Bertz CT molecular complexity index is 1780. The van der Waals surface area contributed by atoms with E-state index in [9.17, 15) is 0 Å². The molecule has 0 amide bonds. The average Bonchev–Trinajstić information content (AvgIpc) is 2.93. The van der Waals surface area contributed by atoms with Crippen molar-refractivity contribution in [2.45, 2.75) is 257 Å². The maximum atomic E-state index is 7.67. The Balaban J connectivity index is 3.14. The summed E-state index contributed by atoms with van der Waals surface area (Å²) in [5.74, 6) is 0. The molecule has 60 heavy (non-hydrogen) atoms. The fourth-order valence-electron chi connectivity index (χ4n) is 11.5. The van der Waals surface area contributed by atoms with Gasteiger partial charge in [0.15, 0.2) is 0 Å². The van der Waals surface area contributed by atoms with Crippen LogP contribution in [-0.2, 0) is 57.0 Å².